The Labute approximate surface area is 154 Å². The molecule has 1 amide bonds. The molecule has 2 rings (SSSR count). The van der Waals surface area contributed by atoms with Gasteiger partial charge in [-0.1, -0.05) is 13.8 Å². The third kappa shape index (κ3) is 5.33. The van der Waals surface area contributed by atoms with Gasteiger partial charge in [0.25, 0.3) is 5.91 Å². The number of rotatable bonds is 9. The maximum atomic E-state index is 12.5. The highest BCUT2D eigenvalue weighted by Gasteiger charge is 2.14. The first kappa shape index (κ1) is 20.0. The van der Waals surface area contributed by atoms with Crippen LogP contribution >= 0.6 is 0 Å². The Morgan fingerprint density at radius 3 is 2.62 bits per heavy atom. The van der Waals surface area contributed by atoms with E-state index in [1.165, 1.54) is 6.07 Å². The van der Waals surface area contributed by atoms with Gasteiger partial charge in [0.15, 0.2) is 0 Å². The molecule has 0 aliphatic carbocycles. The van der Waals surface area contributed by atoms with Gasteiger partial charge in [-0.05, 0) is 52.0 Å². The zero-order valence-electron chi connectivity index (χ0n) is 16.0. The molecule has 6 heteroatoms. The second-order valence-corrected chi connectivity index (χ2v) is 6.44. The second-order valence-electron chi connectivity index (χ2n) is 6.44. The van der Waals surface area contributed by atoms with E-state index in [2.05, 4.69) is 24.1 Å². The number of benzene rings is 1. The third-order valence-electron chi connectivity index (χ3n) is 4.16. The van der Waals surface area contributed by atoms with Crippen LogP contribution in [0.3, 0.4) is 0 Å². The van der Waals surface area contributed by atoms with E-state index < -0.39 is 5.63 Å². The van der Waals surface area contributed by atoms with Gasteiger partial charge in [0.2, 0.25) is 0 Å². The molecule has 26 heavy (non-hydrogen) atoms. The summed E-state index contributed by atoms with van der Waals surface area (Å²) in [6, 6.07) is 6.42. The summed E-state index contributed by atoms with van der Waals surface area (Å²) in [5, 5.41) is 3.49. The minimum Gasteiger partial charge on any atom is -0.491 e. The van der Waals surface area contributed by atoms with Gasteiger partial charge < -0.3 is 19.4 Å². The zero-order chi connectivity index (χ0) is 19.1. The Balaban J connectivity index is 2.12. The normalized spacial score (nSPS) is 11.3. The van der Waals surface area contributed by atoms with Crippen LogP contribution in [0, 0.1) is 0 Å². The molecule has 0 fully saturated rings. The zero-order valence-corrected chi connectivity index (χ0v) is 16.0. The number of nitrogens with one attached hydrogen (secondary N) is 1. The van der Waals surface area contributed by atoms with E-state index in [1.54, 1.807) is 18.2 Å². The lowest BCUT2D eigenvalue weighted by Gasteiger charge is -2.17. The first-order chi connectivity index (χ1) is 12.4. The average molecular weight is 360 g/mol. The number of carbonyl (C=O) groups excluding carboxylic acids is 1. The fourth-order valence-electron chi connectivity index (χ4n) is 2.82. The Morgan fingerprint density at radius 2 is 1.96 bits per heavy atom. The minimum atomic E-state index is -0.549. The molecule has 0 bridgehead atoms. The first-order valence-corrected chi connectivity index (χ1v) is 9.19. The smallest absolute Gasteiger partial charge is 0.337 e. The molecule has 0 unspecified atom stereocenters. The van der Waals surface area contributed by atoms with Crippen molar-refractivity contribution in [3.63, 3.8) is 0 Å². The largest absolute Gasteiger partial charge is 0.491 e. The fraction of sp³-hybridized carbons (Fsp3) is 0.500. The summed E-state index contributed by atoms with van der Waals surface area (Å²) >= 11 is 0. The standard InChI is InChI=1S/C20H28N2O4/c1-5-22(6-2)11-7-10-21-20(24)17-13-19(23)26-18-12-15(25-14(3)4)8-9-16(17)18/h8-9,12-14H,5-7,10-11H2,1-4H3,(H,21,24). The topological polar surface area (TPSA) is 71.8 Å². The predicted octanol–water partition coefficient (Wildman–Crippen LogP) is 3.04. The van der Waals surface area contributed by atoms with E-state index in [0.29, 0.717) is 28.8 Å². The molecule has 1 aromatic heterocycles. The molecule has 2 aromatic rings. The van der Waals surface area contributed by atoms with Crippen molar-refractivity contribution in [1.82, 2.24) is 10.2 Å². The van der Waals surface area contributed by atoms with Crippen LogP contribution in [0.4, 0.5) is 0 Å². The van der Waals surface area contributed by atoms with Crippen LogP contribution in [0.25, 0.3) is 11.0 Å². The van der Waals surface area contributed by atoms with Crippen molar-refractivity contribution in [3.05, 3.63) is 40.2 Å². The molecule has 0 aliphatic rings. The molecule has 1 aromatic carbocycles. The van der Waals surface area contributed by atoms with Gasteiger partial charge in [0, 0.05) is 24.1 Å². The Bertz CT molecular complexity index is 794. The number of nitrogens with zero attached hydrogens (tertiary/aromatic N) is 1. The van der Waals surface area contributed by atoms with Crippen molar-refractivity contribution in [3.8, 4) is 5.75 Å². The summed E-state index contributed by atoms with van der Waals surface area (Å²) in [7, 11) is 0. The fourth-order valence-corrected chi connectivity index (χ4v) is 2.82. The minimum absolute atomic E-state index is 0.0106. The van der Waals surface area contributed by atoms with E-state index in [-0.39, 0.29) is 12.0 Å². The van der Waals surface area contributed by atoms with Crippen molar-refractivity contribution >= 4 is 16.9 Å². The van der Waals surface area contributed by atoms with Crippen LogP contribution < -0.4 is 15.7 Å². The first-order valence-electron chi connectivity index (χ1n) is 9.19. The molecule has 0 radical (unpaired) electrons. The number of amides is 1. The van der Waals surface area contributed by atoms with Crippen LogP contribution in [-0.4, -0.2) is 43.1 Å². The van der Waals surface area contributed by atoms with Gasteiger partial charge in [-0.15, -0.1) is 0 Å². The Kier molecular flexibility index (Phi) is 7.21. The molecular formula is C20H28N2O4. The average Bonchev–Trinajstić information content (AvgIpc) is 2.60. The summed E-state index contributed by atoms with van der Waals surface area (Å²) in [5.74, 6) is 0.340. The SMILES string of the molecule is CCN(CC)CCCNC(=O)c1cc(=O)oc2cc(OC(C)C)ccc12. The van der Waals surface area contributed by atoms with E-state index in [1.807, 2.05) is 13.8 Å². The maximum absolute atomic E-state index is 12.5. The molecule has 6 nitrogen and oxygen atoms in total. The summed E-state index contributed by atoms with van der Waals surface area (Å²) < 4.78 is 10.9. The third-order valence-corrected chi connectivity index (χ3v) is 4.16. The maximum Gasteiger partial charge on any atom is 0.337 e. The molecular weight excluding hydrogens is 332 g/mol. The molecule has 0 saturated heterocycles. The van der Waals surface area contributed by atoms with Gasteiger partial charge in [0.1, 0.15) is 11.3 Å². The van der Waals surface area contributed by atoms with E-state index in [4.69, 9.17) is 9.15 Å². The number of fused-ring (bicyclic) bond motifs is 1. The summed E-state index contributed by atoms with van der Waals surface area (Å²) in [6.45, 7) is 11.6. The summed E-state index contributed by atoms with van der Waals surface area (Å²) in [5.41, 5.74) is 0.131. The van der Waals surface area contributed by atoms with Crippen LogP contribution in [0.2, 0.25) is 0 Å². The molecule has 0 saturated carbocycles. The van der Waals surface area contributed by atoms with Crippen LogP contribution in [0.1, 0.15) is 44.5 Å². The van der Waals surface area contributed by atoms with Gasteiger partial charge in [-0.2, -0.15) is 0 Å². The Morgan fingerprint density at radius 1 is 1.23 bits per heavy atom. The van der Waals surface area contributed by atoms with Gasteiger partial charge in [-0.25, -0.2) is 4.79 Å². The molecule has 142 valence electrons. The predicted molar refractivity (Wildman–Crippen MR) is 103 cm³/mol. The number of hydrogen-bond acceptors (Lipinski definition) is 5. The number of carbonyl (C=O) groups is 1. The molecule has 0 aliphatic heterocycles. The van der Waals surface area contributed by atoms with E-state index >= 15 is 0 Å². The van der Waals surface area contributed by atoms with Gasteiger partial charge in [0.05, 0.1) is 11.7 Å². The van der Waals surface area contributed by atoms with Crippen molar-refractivity contribution < 1.29 is 13.9 Å². The van der Waals surface area contributed by atoms with Crippen LogP contribution in [0.15, 0.2) is 33.5 Å². The lowest BCUT2D eigenvalue weighted by Crippen LogP contribution is -2.30. The number of hydrogen-bond donors (Lipinski definition) is 1. The monoisotopic (exact) mass is 360 g/mol. The van der Waals surface area contributed by atoms with Crippen molar-refractivity contribution in [2.75, 3.05) is 26.2 Å². The highest BCUT2D eigenvalue weighted by molar-refractivity contribution is 6.05. The van der Waals surface area contributed by atoms with Crippen molar-refractivity contribution in [2.24, 2.45) is 0 Å². The van der Waals surface area contributed by atoms with Crippen LogP contribution in [0.5, 0.6) is 5.75 Å². The molecule has 1 N–H and O–H groups in total. The molecule has 1 heterocycles. The van der Waals surface area contributed by atoms with Crippen molar-refractivity contribution in [1.29, 1.82) is 0 Å². The lowest BCUT2D eigenvalue weighted by molar-refractivity contribution is 0.0953. The Hall–Kier alpha value is -2.34. The highest BCUT2D eigenvalue weighted by Crippen LogP contribution is 2.23. The molecule has 0 spiro atoms. The van der Waals surface area contributed by atoms with Crippen LogP contribution in [-0.2, 0) is 0 Å². The quantitative estimate of drug-likeness (QED) is 0.550. The summed E-state index contributed by atoms with van der Waals surface area (Å²) in [4.78, 5) is 26.7. The number of ether oxygens (including phenoxy) is 1. The van der Waals surface area contributed by atoms with Gasteiger partial charge in [-0.3, -0.25) is 4.79 Å². The second kappa shape index (κ2) is 9.38. The van der Waals surface area contributed by atoms with Gasteiger partial charge >= 0.3 is 5.63 Å². The summed E-state index contributed by atoms with van der Waals surface area (Å²) in [6.07, 6.45) is 0.871. The van der Waals surface area contributed by atoms with E-state index in [0.717, 1.165) is 26.1 Å². The van der Waals surface area contributed by atoms with E-state index in [9.17, 15) is 9.59 Å². The van der Waals surface area contributed by atoms with Crippen molar-refractivity contribution in [2.45, 2.75) is 40.2 Å². The lowest BCUT2D eigenvalue weighted by atomic mass is 10.1. The highest BCUT2D eigenvalue weighted by atomic mass is 16.5. The molecule has 0 atom stereocenters.